The van der Waals surface area contributed by atoms with Gasteiger partial charge in [-0.25, -0.2) is 0 Å². The molecule has 0 bridgehead atoms. The van der Waals surface area contributed by atoms with E-state index in [1.54, 1.807) is 0 Å². The lowest BCUT2D eigenvalue weighted by Crippen LogP contribution is -2.28. The molecule has 3 rings (SSSR count). The van der Waals surface area contributed by atoms with Crippen molar-refractivity contribution >= 4 is 28.2 Å². The smallest absolute Gasteiger partial charge is 0.0726 e. The first-order valence-electron chi connectivity index (χ1n) is 6.48. The van der Waals surface area contributed by atoms with Crippen LogP contribution in [-0.2, 0) is 0 Å². The highest BCUT2D eigenvalue weighted by Gasteiger charge is 2.29. The maximum atomic E-state index is 5.95. The predicted octanol–water partition coefficient (Wildman–Crippen LogP) is 3.75. The number of halogens is 1. The van der Waals surface area contributed by atoms with Crippen LogP contribution in [0.4, 0.5) is 5.69 Å². The monoisotopic (exact) mass is 260 g/mol. The summed E-state index contributed by atoms with van der Waals surface area (Å²) in [6.07, 6.45) is 2.57. The highest BCUT2D eigenvalue weighted by molar-refractivity contribution is 6.18. The Kier molecular flexibility index (Phi) is 3.13. The van der Waals surface area contributed by atoms with Crippen LogP contribution in [-0.4, -0.2) is 23.5 Å². The molecule has 0 radical (unpaired) electrons. The number of fused-ring (bicyclic) bond motifs is 1. The van der Waals surface area contributed by atoms with E-state index in [-0.39, 0.29) is 0 Å². The van der Waals surface area contributed by atoms with Crippen molar-refractivity contribution in [3.05, 3.63) is 36.0 Å². The van der Waals surface area contributed by atoms with E-state index in [9.17, 15) is 0 Å². The third-order valence-corrected chi connectivity index (χ3v) is 3.61. The van der Waals surface area contributed by atoms with Crippen molar-refractivity contribution in [1.29, 1.82) is 0 Å². The Morgan fingerprint density at radius 2 is 2.11 bits per heavy atom. The molecule has 1 aliphatic carbocycles. The summed E-state index contributed by atoms with van der Waals surface area (Å²) in [5.41, 5.74) is 3.44. The molecule has 1 aromatic carbocycles. The minimum absolute atomic E-state index is 0.673. The van der Waals surface area contributed by atoms with E-state index in [1.165, 1.54) is 23.9 Å². The molecule has 94 valence electrons. The van der Waals surface area contributed by atoms with E-state index >= 15 is 0 Å². The fraction of sp³-hybridized carbons (Fsp3) is 0.400. The molecule has 18 heavy (non-hydrogen) atoms. The quantitative estimate of drug-likeness (QED) is 0.779. The summed E-state index contributed by atoms with van der Waals surface area (Å²) in [5.74, 6) is 0.673. The molecular weight excluding hydrogens is 244 g/mol. The topological polar surface area (TPSA) is 16.1 Å². The van der Waals surface area contributed by atoms with Crippen molar-refractivity contribution in [2.24, 2.45) is 0 Å². The molecule has 0 atom stereocenters. The molecule has 3 heteroatoms. The first kappa shape index (κ1) is 11.8. The summed E-state index contributed by atoms with van der Waals surface area (Å²) >= 11 is 5.95. The molecule has 2 nitrogen and oxygen atoms in total. The maximum absolute atomic E-state index is 5.95. The lowest BCUT2D eigenvalue weighted by molar-refractivity contribution is 0.832. The van der Waals surface area contributed by atoms with Crippen LogP contribution in [0.15, 0.2) is 30.3 Å². The van der Waals surface area contributed by atoms with Gasteiger partial charge in [-0.3, -0.25) is 4.98 Å². The molecule has 0 saturated heterocycles. The van der Waals surface area contributed by atoms with Crippen molar-refractivity contribution < 1.29 is 0 Å². The zero-order valence-corrected chi connectivity index (χ0v) is 11.3. The van der Waals surface area contributed by atoms with Gasteiger partial charge in [-0.05, 0) is 31.9 Å². The molecule has 1 aliphatic rings. The van der Waals surface area contributed by atoms with Crippen molar-refractivity contribution in [3.63, 3.8) is 0 Å². The van der Waals surface area contributed by atoms with Gasteiger partial charge in [0.1, 0.15) is 0 Å². The molecule has 0 unspecified atom stereocenters. The van der Waals surface area contributed by atoms with Gasteiger partial charge in [-0.1, -0.05) is 18.2 Å². The van der Waals surface area contributed by atoms with Crippen LogP contribution in [0.25, 0.3) is 10.9 Å². The third-order valence-electron chi connectivity index (χ3n) is 3.44. The lowest BCUT2D eigenvalue weighted by Gasteiger charge is -2.25. The average molecular weight is 261 g/mol. The molecular formula is C15H17ClN2. The molecule has 1 saturated carbocycles. The number of anilines is 1. The highest BCUT2D eigenvalue weighted by Crippen LogP contribution is 2.35. The Balaban J connectivity index is 2.13. The van der Waals surface area contributed by atoms with Crippen molar-refractivity contribution in [1.82, 2.24) is 4.98 Å². The number of benzene rings is 1. The number of aromatic nitrogens is 1. The second-order valence-electron chi connectivity index (χ2n) is 4.91. The summed E-state index contributed by atoms with van der Waals surface area (Å²) in [7, 11) is 0. The Bertz CT molecular complexity index is 563. The summed E-state index contributed by atoms with van der Waals surface area (Å²) in [6, 6.07) is 11.2. The van der Waals surface area contributed by atoms with Gasteiger partial charge >= 0.3 is 0 Å². The first-order valence-corrected chi connectivity index (χ1v) is 7.02. The molecule has 2 aromatic rings. The van der Waals surface area contributed by atoms with E-state index in [0.717, 1.165) is 17.8 Å². The highest BCUT2D eigenvalue weighted by atomic mass is 35.5. The van der Waals surface area contributed by atoms with Crippen LogP contribution in [0.5, 0.6) is 0 Å². The molecule has 0 aliphatic heterocycles. The van der Waals surface area contributed by atoms with Gasteiger partial charge in [0.05, 0.1) is 5.52 Å². The number of pyridine rings is 1. The normalized spacial score (nSPS) is 15.0. The Morgan fingerprint density at radius 1 is 1.33 bits per heavy atom. The number of para-hydroxylation sites is 1. The molecule has 0 N–H and O–H groups in total. The number of rotatable bonds is 4. The fourth-order valence-electron chi connectivity index (χ4n) is 2.50. The van der Waals surface area contributed by atoms with Gasteiger partial charge in [0.15, 0.2) is 0 Å². The first-order chi connectivity index (χ1) is 8.79. The number of alkyl halides is 1. The largest absolute Gasteiger partial charge is 0.367 e. The van der Waals surface area contributed by atoms with Crippen LogP contribution < -0.4 is 4.90 Å². The van der Waals surface area contributed by atoms with Crippen molar-refractivity contribution in [2.75, 3.05) is 17.3 Å². The van der Waals surface area contributed by atoms with Crippen LogP contribution >= 0.6 is 11.6 Å². The Labute approximate surface area is 113 Å². The zero-order valence-electron chi connectivity index (χ0n) is 10.6. The van der Waals surface area contributed by atoms with E-state index in [0.29, 0.717) is 11.9 Å². The predicted molar refractivity (Wildman–Crippen MR) is 77.6 cm³/mol. The summed E-state index contributed by atoms with van der Waals surface area (Å²) in [4.78, 5) is 7.05. The fourth-order valence-corrected chi connectivity index (χ4v) is 2.68. The number of aryl methyl sites for hydroxylation is 1. The van der Waals surface area contributed by atoms with Crippen molar-refractivity contribution in [3.8, 4) is 0 Å². The second kappa shape index (κ2) is 4.77. The lowest BCUT2D eigenvalue weighted by atomic mass is 10.1. The van der Waals surface area contributed by atoms with Gasteiger partial charge in [-0.2, -0.15) is 0 Å². The average Bonchev–Trinajstić information content (AvgIpc) is 3.19. The van der Waals surface area contributed by atoms with E-state index in [1.807, 2.05) is 6.07 Å². The standard InChI is InChI=1S/C15H17ClN2/c1-11-10-15(18(9-8-16)12-6-7-12)13-4-2-3-5-14(13)17-11/h2-5,10,12H,6-9H2,1H3. The minimum Gasteiger partial charge on any atom is -0.367 e. The molecule has 1 aromatic heterocycles. The summed E-state index contributed by atoms with van der Waals surface area (Å²) in [5, 5.41) is 1.24. The van der Waals surface area contributed by atoms with Crippen LogP contribution in [0.1, 0.15) is 18.5 Å². The van der Waals surface area contributed by atoms with Crippen LogP contribution in [0.2, 0.25) is 0 Å². The van der Waals surface area contributed by atoms with Crippen molar-refractivity contribution in [2.45, 2.75) is 25.8 Å². The van der Waals surface area contributed by atoms with Gasteiger partial charge in [0.25, 0.3) is 0 Å². The Morgan fingerprint density at radius 3 is 2.83 bits per heavy atom. The van der Waals surface area contributed by atoms with Gasteiger partial charge in [0.2, 0.25) is 0 Å². The second-order valence-corrected chi connectivity index (χ2v) is 5.29. The Hall–Kier alpha value is -1.28. The SMILES string of the molecule is Cc1cc(N(CCCl)C2CC2)c2ccccc2n1. The summed E-state index contributed by atoms with van der Waals surface area (Å²) in [6.45, 7) is 2.97. The third kappa shape index (κ3) is 2.17. The van der Waals surface area contributed by atoms with E-state index in [2.05, 4.69) is 41.1 Å². The summed E-state index contributed by atoms with van der Waals surface area (Å²) < 4.78 is 0. The molecule has 0 spiro atoms. The number of hydrogen-bond acceptors (Lipinski definition) is 2. The van der Waals surface area contributed by atoms with Gasteiger partial charge in [-0.15, -0.1) is 11.6 Å². The van der Waals surface area contributed by atoms with Gasteiger partial charge < -0.3 is 4.90 Å². The minimum atomic E-state index is 0.673. The van der Waals surface area contributed by atoms with Crippen LogP contribution in [0, 0.1) is 6.92 Å². The van der Waals surface area contributed by atoms with E-state index < -0.39 is 0 Å². The van der Waals surface area contributed by atoms with Crippen LogP contribution in [0.3, 0.4) is 0 Å². The number of nitrogens with zero attached hydrogens (tertiary/aromatic N) is 2. The van der Waals surface area contributed by atoms with Gasteiger partial charge in [0, 0.05) is 35.2 Å². The van der Waals surface area contributed by atoms with E-state index in [4.69, 9.17) is 11.6 Å². The maximum Gasteiger partial charge on any atom is 0.0726 e. The molecule has 1 fully saturated rings. The zero-order chi connectivity index (χ0) is 12.5. The number of hydrogen-bond donors (Lipinski definition) is 0. The molecule has 0 amide bonds. The molecule has 1 heterocycles.